The third kappa shape index (κ3) is 4.64. The first-order valence-electron chi connectivity index (χ1n) is 17.4. The number of aromatic nitrogens is 1. The Kier molecular flexibility index (Phi) is 6.39. The van der Waals surface area contributed by atoms with E-state index in [4.69, 9.17) is 13.8 Å². The van der Waals surface area contributed by atoms with E-state index in [0.29, 0.717) is 5.89 Å². The van der Waals surface area contributed by atoms with Crippen molar-refractivity contribution in [3.8, 4) is 22.6 Å². The van der Waals surface area contributed by atoms with Gasteiger partial charge in [0, 0.05) is 59.6 Å². The molecule has 11 rings (SSSR count). The summed E-state index contributed by atoms with van der Waals surface area (Å²) < 4.78 is 15.4. The van der Waals surface area contributed by atoms with Gasteiger partial charge in [0.1, 0.15) is 16.7 Å². The molecule has 8 aromatic carbocycles. The lowest BCUT2D eigenvalue weighted by Gasteiger charge is -2.26. The van der Waals surface area contributed by atoms with Crippen molar-refractivity contribution in [1.82, 2.24) is 4.98 Å². The van der Waals surface area contributed by atoms with E-state index < -0.39 is 0 Å². The van der Waals surface area contributed by atoms with Crippen LogP contribution in [0.3, 0.4) is 0 Å². The molecular formula is C47H28N2O2S. The molecule has 0 saturated carbocycles. The number of thiophene rings is 1. The van der Waals surface area contributed by atoms with Crippen LogP contribution in [-0.4, -0.2) is 4.98 Å². The van der Waals surface area contributed by atoms with E-state index in [0.717, 1.165) is 55.7 Å². The van der Waals surface area contributed by atoms with Gasteiger partial charge < -0.3 is 13.7 Å². The summed E-state index contributed by atoms with van der Waals surface area (Å²) in [5.41, 5.74) is 9.70. The number of para-hydroxylation sites is 2. The van der Waals surface area contributed by atoms with Gasteiger partial charge in [-0.05, 0) is 101 Å². The largest absolute Gasteiger partial charge is 0.456 e. The van der Waals surface area contributed by atoms with Crippen LogP contribution in [0.15, 0.2) is 179 Å². The zero-order chi connectivity index (χ0) is 34.2. The Morgan fingerprint density at radius 1 is 0.442 bits per heavy atom. The van der Waals surface area contributed by atoms with Crippen LogP contribution in [-0.2, 0) is 0 Å². The molecule has 4 nitrogen and oxygen atoms in total. The average molecular weight is 685 g/mol. The van der Waals surface area contributed by atoms with Crippen LogP contribution < -0.4 is 4.90 Å². The third-order valence-electron chi connectivity index (χ3n) is 10.1. The Morgan fingerprint density at radius 2 is 1.17 bits per heavy atom. The minimum absolute atomic E-state index is 0.586. The normalized spacial score (nSPS) is 11.8. The molecule has 0 spiro atoms. The first-order chi connectivity index (χ1) is 25.7. The second-order valence-electron chi connectivity index (χ2n) is 13.2. The molecule has 0 atom stereocenters. The summed E-state index contributed by atoms with van der Waals surface area (Å²) in [5, 5.41) is 6.91. The number of hydrogen-bond donors (Lipinski definition) is 0. The highest BCUT2D eigenvalue weighted by molar-refractivity contribution is 7.25. The summed E-state index contributed by atoms with van der Waals surface area (Å²) in [6, 6.07) is 59.9. The first-order valence-corrected chi connectivity index (χ1v) is 18.2. The van der Waals surface area contributed by atoms with Crippen molar-refractivity contribution < 1.29 is 8.83 Å². The maximum absolute atomic E-state index is 6.60. The van der Waals surface area contributed by atoms with Crippen LogP contribution >= 0.6 is 11.3 Å². The number of oxazole rings is 1. The summed E-state index contributed by atoms with van der Waals surface area (Å²) in [6.45, 7) is 0. The Labute approximate surface area is 302 Å². The van der Waals surface area contributed by atoms with Gasteiger partial charge in [0.2, 0.25) is 5.89 Å². The Balaban J connectivity index is 1.09. The van der Waals surface area contributed by atoms with E-state index in [1.165, 1.54) is 42.1 Å². The highest BCUT2D eigenvalue weighted by atomic mass is 32.1. The average Bonchev–Trinajstić information content (AvgIpc) is 3.91. The Hall–Kier alpha value is -6.69. The maximum atomic E-state index is 6.60. The zero-order valence-corrected chi connectivity index (χ0v) is 28.6. The fourth-order valence-corrected chi connectivity index (χ4v) is 8.69. The van der Waals surface area contributed by atoms with E-state index >= 15 is 0 Å². The molecule has 52 heavy (non-hydrogen) atoms. The fourth-order valence-electron chi connectivity index (χ4n) is 7.60. The standard InChI is InChI=1S/C47H28N2O2S/c1-2-9-29(10-3-1)30-17-18-32-26-33(20-19-31(32)25-30)49(34-22-24-45-39(27-34)36-11-4-7-16-44(36)52-45)35-21-23-37-43(28-35)50-42-15-8-12-38(46(37)42)47-48-40-13-5-6-14-41(40)51-47/h1-28H. The van der Waals surface area contributed by atoms with Gasteiger partial charge in [0.05, 0.1) is 0 Å². The molecule has 0 saturated heterocycles. The van der Waals surface area contributed by atoms with Crippen molar-refractivity contribution in [2.24, 2.45) is 0 Å². The van der Waals surface area contributed by atoms with Crippen molar-refractivity contribution in [2.45, 2.75) is 0 Å². The molecule has 0 aliphatic heterocycles. The molecular weight excluding hydrogens is 657 g/mol. The lowest BCUT2D eigenvalue weighted by Crippen LogP contribution is -2.09. The van der Waals surface area contributed by atoms with Gasteiger partial charge in [-0.15, -0.1) is 11.3 Å². The lowest BCUT2D eigenvalue weighted by atomic mass is 10.0. The molecule has 0 amide bonds. The molecule has 244 valence electrons. The van der Waals surface area contributed by atoms with E-state index in [9.17, 15) is 0 Å². The van der Waals surface area contributed by atoms with Crippen LogP contribution in [0.2, 0.25) is 0 Å². The van der Waals surface area contributed by atoms with E-state index in [1.807, 2.05) is 47.7 Å². The monoisotopic (exact) mass is 684 g/mol. The number of furan rings is 1. The fraction of sp³-hybridized carbons (Fsp3) is 0. The number of anilines is 3. The summed E-state index contributed by atoms with van der Waals surface area (Å²) in [5.74, 6) is 0.586. The SMILES string of the molecule is c1ccc(-c2ccc3cc(N(c4ccc5c(c4)oc4cccc(-c6nc7ccccc7o6)c45)c4ccc5sc6ccccc6c5c4)ccc3c2)cc1. The number of rotatable bonds is 5. The molecule has 11 aromatic rings. The summed E-state index contributed by atoms with van der Waals surface area (Å²) in [7, 11) is 0. The minimum atomic E-state index is 0.586. The highest BCUT2D eigenvalue weighted by Gasteiger charge is 2.20. The number of benzene rings is 8. The molecule has 3 aromatic heterocycles. The topological polar surface area (TPSA) is 42.4 Å². The molecule has 0 fully saturated rings. The second kappa shape index (κ2) is 11.4. The number of fused-ring (bicyclic) bond motifs is 8. The van der Waals surface area contributed by atoms with Crippen LogP contribution in [0.25, 0.3) is 86.6 Å². The molecule has 0 bridgehead atoms. The van der Waals surface area contributed by atoms with Crippen molar-refractivity contribution in [3.63, 3.8) is 0 Å². The molecule has 0 aliphatic carbocycles. The molecule has 3 heterocycles. The van der Waals surface area contributed by atoms with Crippen molar-refractivity contribution in [3.05, 3.63) is 170 Å². The molecule has 0 aliphatic rings. The molecule has 0 unspecified atom stereocenters. The summed E-state index contributed by atoms with van der Waals surface area (Å²) >= 11 is 1.83. The second-order valence-corrected chi connectivity index (χ2v) is 14.3. The summed E-state index contributed by atoms with van der Waals surface area (Å²) in [6.07, 6.45) is 0. The van der Waals surface area contributed by atoms with Gasteiger partial charge in [-0.2, -0.15) is 0 Å². The Bertz CT molecular complexity index is 3120. The van der Waals surface area contributed by atoms with Gasteiger partial charge >= 0.3 is 0 Å². The number of hydrogen-bond acceptors (Lipinski definition) is 5. The van der Waals surface area contributed by atoms with Crippen molar-refractivity contribution >= 4 is 92.4 Å². The smallest absolute Gasteiger partial charge is 0.228 e. The first kappa shape index (κ1) is 29.1. The predicted octanol–water partition coefficient (Wildman–Crippen LogP) is 14.1. The van der Waals surface area contributed by atoms with Gasteiger partial charge in [0.25, 0.3) is 0 Å². The molecule has 0 N–H and O–H groups in total. The highest BCUT2D eigenvalue weighted by Crippen LogP contribution is 2.44. The summed E-state index contributed by atoms with van der Waals surface area (Å²) in [4.78, 5) is 7.16. The quantitative estimate of drug-likeness (QED) is 0.181. The van der Waals surface area contributed by atoms with E-state index in [2.05, 4.69) is 138 Å². The third-order valence-corrected chi connectivity index (χ3v) is 11.2. The van der Waals surface area contributed by atoms with E-state index in [-0.39, 0.29) is 0 Å². The van der Waals surface area contributed by atoms with Crippen LogP contribution in [0.1, 0.15) is 0 Å². The minimum Gasteiger partial charge on any atom is -0.456 e. The van der Waals surface area contributed by atoms with Crippen LogP contribution in [0.4, 0.5) is 17.1 Å². The van der Waals surface area contributed by atoms with Gasteiger partial charge in [0.15, 0.2) is 5.58 Å². The van der Waals surface area contributed by atoms with Crippen molar-refractivity contribution in [2.75, 3.05) is 4.90 Å². The maximum Gasteiger partial charge on any atom is 0.228 e. The van der Waals surface area contributed by atoms with Crippen molar-refractivity contribution in [1.29, 1.82) is 0 Å². The lowest BCUT2D eigenvalue weighted by molar-refractivity contribution is 0.620. The van der Waals surface area contributed by atoms with Gasteiger partial charge in [-0.25, -0.2) is 4.98 Å². The Morgan fingerprint density at radius 3 is 2.12 bits per heavy atom. The van der Waals surface area contributed by atoms with Gasteiger partial charge in [-0.1, -0.05) is 84.9 Å². The zero-order valence-electron chi connectivity index (χ0n) is 27.8. The van der Waals surface area contributed by atoms with E-state index in [1.54, 1.807) is 0 Å². The predicted molar refractivity (Wildman–Crippen MR) is 217 cm³/mol. The number of nitrogens with zero attached hydrogens (tertiary/aromatic N) is 2. The molecule has 0 radical (unpaired) electrons. The van der Waals surface area contributed by atoms with Crippen LogP contribution in [0, 0.1) is 0 Å². The molecule has 5 heteroatoms. The van der Waals surface area contributed by atoms with Crippen LogP contribution in [0.5, 0.6) is 0 Å². The van der Waals surface area contributed by atoms with Gasteiger partial charge in [-0.3, -0.25) is 0 Å².